The third-order valence-electron chi connectivity index (χ3n) is 4.49. The Hall–Kier alpha value is -1.31. The van der Waals surface area contributed by atoms with Crippen molar-refractivity contribution in [2.45, 2.75) is 39.4 Å². The Balaban J connectivity index is 1.54. The summed E-state index contributed by atoms with van der Waals surface area (Å²) in [5.41, 5.74) is 0. The van der Waals surface area contributed by atoms with E-state index in [1.807, 2.05) is 20.2 Å². The summed E-state index contributed by atoms with van der Waals surface area (Å²) in [5.74, 6) is 2.01. The standard InChI is InChI=1S/C15H24N6S/c1-11-17-18-15(20(11)4)10-19(3)13-5-6-21(8-13)9-14-7-16-12(2)22-14/h7,13H,5-6,8-10H2,1-4H3. The van der Waals surface area contributed by atoms with Gasteiger partial charge in [0.1, 0.15) is 11.6 Å². The van der Waals surface area contributed by atoms with Crippen molar-refractivity contribution in [1.82, 2.24) is 29.5 Å². The molecule has 2 aromatic rings. The van der Waals surface area contributed by atoms with E-state index in [1.165, 1.54) is 11.3 Å². The fourth-order valence-electron chi connectivity index (χ4n) is 2.96. The Labute approximate surface area is 135 Å². The molecule has 1 unspecified atom stereocenters. The van der Waals surface area contributed by atoms with E-state index in [0.29, 0.717) is 6.04 Å². The number of rotatable bonds is 5. The van der Waals surface area contributed by atoms with Crippen molar-refractivity contribution < 1.29 is 0 Å². The SMILES string of the molecule is Cc1ncc(CN2CCC(N(C)Cc3nnc(C)n3C)C2)s1. The summed E-state index contributed by atoms with van der Waals surface area (Å²) < 4.78 is 2.07. The smallest absolute Gasteiger partial charge is 0.146 e. The van der Waals surface area contributed by atoms with E-state index < -0.39 is 0 Å². The Bertz CT molecular complexity index is 634. The van der Waals surface area contributed by atoms with Gasteiger partial charge in [0.2, 0.25) is 0 Å². The van der Waals surface area contributed by atoms with Crippen molar-refractivity contribution in [1.29, 1.82) is 0 Å². The van der Waals surface area contributed by atoms with E-state index in [0.717, 1.165) is 42.8 Å². The Morgan fingerprint density at radius 2 is 2.18 bits per heavy atom. The molecule has 120 valence electrons. The average molecular weight is 320 g/mol. The van der Waals surface area contributed by atoms with Gasteiger partial charge in [-0.05, 0) is 27.3 Å². The van der Waals surface area contributed by atoms with Crippen molar-refractivity contribution >= 4 is 11.3 Å². The normalized spacial score (nSPS) is 19.4. The molecule has 0 amide bonds. The summed E-state index contributed by atoms with van der Waals surface area (Å²) in [4.78, 5) is 10.6. The highest BCUT2D eigenvalue weighted by atomic mass is 32.1. The number of hydrogen-bond acceptors (Lipinski definition) is 6. The van der Waals surface area contributed by atoms with Crippen LogP contribution in [0.5, 0.6) is 0 Å². The van der Waals surface area contributed by atoms with E-state index in [-0.39, 0.29) is 0 Å². The van der Waals surface area contributed by atoms with Gasteiger partial charge in [-0.2, -0.15) is 0 Å². The minimum Gasteiger partial charge on any atom is -0.317 e. The van der Waals surface area contributed by atoms with Crippen molar-refractivity contribution in [3.05, 3.63) is 27.7 Å². The molecule has 2 aromatic heterocycles. The molecule has 0 aromatic carbocycles. The molecule has 1 fully saturated rings. The molecule has 1 atom stereocenters. The first-order chi connectivity index (χ1) is 10.5. The van der Waals surface area contributed by atoms with Gasteiger partial charge in [0, 0.05) is 43.8 Å². The van der Waals surface area contributed by atoms with Crippen molar-refractivity contribution in [2.24, 2.45) is 7.05 Å². The van der Waals surface area contributed by atoms with Gasteiger partial charge in [0.05, 0.1) is 11.6 Å². The van der Waals surface area contributed by atoms with Gasteiger partial charge >= 0.3 is 0 Å². The third-order valence-corrected chi connectivity index (χ3v) is 5.39. The molecular formula is C15H24N6S. The number of aromatic nitrogens is 4. The third kappa shape index (κ3) is 3.37. The van der Waals surface area contributed by atoms with Crippen LogP contribution in [0.2, 0.25) is 0 Å². The zero-order valence-electron chi connectivity index (χ0n) is 13.8. The van der Waals surface area contributed by atoms with Crippen molar-refractivity contribution in [3.63, 3.8) is 0 Å². The molecule has 0 spiro atoms. The lowest BCUT2D eigenvalue weighted by Crippen LogP contribution is -2.34. The van der Waals surface area contributed by atoms with Crippen molar-refractivity contribution in [2.75, 3.05) is 20.1 Å². The Kier molecular flexibility index (Phi) is 4.56. The molecule has 3 rings (SSSR count). The van der Waals surface area contributed by atoms with Crippen LogP contribution in [-0.4, -0.2) is 55.7 Å². The predicted octanol–water partition coefficient (Wildman–Crippen LogP) is 1.59. The van der Waals surface area contributed by atoms with Crippen LogP contribution in [0.25, 0.3) is 0 Å². The van der Waals surface area contributed by atoms with Crippen molar-refractivity contribution in [3.8, 4) is 0 Å². The molecule has 0 aliphatic carbocycles. The van der Waals surface area contributed by atoms with Gasteiger partial charge in [-0.3, -0.25) is 9.80 Å². The highest BCUT2D eigenvalue weighted by Gasteiger charge is 2.26. The maximum Gasteiger partial charge on any atom is 0.146 e. The Morgan fingerprint density at radius 3 is 2.82 bits per heavy atom. The zero-order chi connectivity index (χ0) is 15.7. The molecule has 0 radical (unpaired) electrons. The van der Waals surface area contributed by atoms with E-state index >= 15 is 0 Å². The van der Waals surface area contributed by atoms with Crippen LogP contribution in [0.15, 0.2) is 6.20 Å². The van der Waals surface area contributed by atoms with Crippen LogP contribution in [0.1, 0.15) is 28.0 Å². The average Bonchev–Trinajstić information content (AvgIpc) is 3.17. The van der Waals surface area contributed by atoms with E-state index in [1.54, 1.807) is 11.3 Å². The van der Waals surface area contributed by atoms with E-state index in [9.17, 15) is 0 Å². The maximum absolute atomic E-state index is 4.34. The molecule has 0 bridgehead atoms. The van der Waals surface area contributed by atoms with Gasteiger partial charge in [-0.25, -0.2) is 4.98 Å². The first-order valence-corrected chi connectivity index (χ1v) is 8.53. The van der Waals surface area contributed by atoms with Crippen LogP contribution < -0.4 is 0 Å². The topological polar surface area (TPSA) is 50.1 Å². The minimum atomic E-state index is 0.589. The molecule has 7 heteroatoms. The minimum absolute atomic E-state index is 0.589. The van der Waals surface area contributed by atoms with Crippen LogP contribution >= 0.6 is 11.3 Å². The second kappa shape index (κ2) is 6.44. The first kappa shape index (κ1) is 15.6. The monoisotopic (exact) mass is 320 g/mol. The highest BCUT2D eigenvalue weighted by molar-refractivity contribution is 7.11. The van der Waals surface area contributed by atoms with Crippen LogP contribution in [0, 0.1) is 13.8 Å². The second-order valence-electron chi connectivity index (χ2n) is 6.16. The lowest BCUT2D eigenvalue weighted by molar-refractivity contribution is 0.217. The fraction of sp³-hybridized carbons (Fsp3) is 0.667. The summed E-state index contributed by atoms with van der Waals surface area (Å²) in [7, 11) is 4.22. The van der Waals surface area contributed by atoms with Gasteiger partial charge in [0.25, 0.3) is 0 Å². The molecular weight excluding hydrogens is 296 g/mol. The zero-order valence-corrected chi connectivity index (χ0v) is 14.6. The predicted molar refractivity (Wildman–Crippen MR) is 87.7 cm³/mol. The van der Waals surface area contributed by atoms with Gasteiger partial charge in [-0.15, -0.1) is 21.5 Å². The first-order valence-electron chi connectivity index (χ1n) is 7.71. The molecule has 0 N–H and O–H groups in total. The van der Waals surface area contributed by atoms with Gasteiger partial charge in [-0.1, -0.05) is 0 Å². The fourth-order valence-corrected chi connectivity index (χ4v) is 3.79. The largest absolute Gasteiger partial charge is 0.317 e. The summed E-state index contributed by atoms with van der Waals surface area (Å²) in [6.07, 6.45) is 3.23. The number of hydrogen-bond donors (Lipinski definition) is 0. The number of nitrogens with zero attached hydrogens (tertiary/aromatic N) is 6. The number of thiazole rings is 1. The number of likely N-dealkylation sites (tertiary alicyclic amines) is 1. The van der Waals surface area contributed by atoms with E-state index in [4.69, 9.17) is 0 Å². The van der Waals surface area contributed by atoms with Gasteiger partial charge < -0.3 is 4.57 Å². The maximum atomic E-state index is 4.34. The molecule has 1 saturated heterocycles. The van der Waals surface area contributed by atoms with Crippen LogP contribution in [0.3, 0.4) is 0 Å². The molecule has 0 saturated carbocycles. The lowest BCUT2D eigenvalue weighted by atomic mass is 10.2. The highest BCUT2D eigenvalue weighted by Crippen LogP contribution is 2.21. The Morgan fingerprint density at radius 1 is 1.36 bits per heavy atom. The molecule has 6 nitrogen and oxygen atoms in total. The van der Waals surface area contributed by atoms with Crippen LogP contribution in [0.4, 0.5) is 0 Å². The summed E-state index contributed by atoms with van der Waals surface area (Å²) in [6.45, 7) is 8.21. The quantitative estimate of drug-likeness (QED) is 0.837. The summed E-state index contributed by atoms with van der Waals surface area (Å²) >= 11 is 1.80. The number of likely N-dealkylation sites (N-methyl/N-ethyl adjacent to an activating group) is 1. The summed E-state index contributed by atoms with van der Waals surface area (Å²) in [5, 5.41) is 9.56. The van der Waals surface area contributed by atoms with Crippen LogP contribution in [-0.2, 0) is 20.1 Å². The second-order valence-corrected chi connectivity index (χ2v) is 7.48. The van der Waals surface area contributed by atoms with E-state index in [2.05, 4.69) is 43.5 Å². The summed E-state index contributed by atoms with van der Waals surface area (Å²) in [6, 6.07) is 0.589. The number of aryl methyl sites for hydroxylation is 2. The molecule has 3 heterocycles. The molecule has 1 aliphatic rings. The molecule has 1 aliphatic heterocycles. The molecule has 22 heavy (non-hydrogen) atoms. The lowest BCUT2D eigenvalue weighted by Gasteiger charge is -2.24. The van der Waals surface area contributed by atoms with Gasteiger partial charge in [0.15, 0.2) is 0 Å².